The molecular formula is C20H21N3OS. The van der Waals surface area contributed by atoms with Crippen LogP contribution in [0.15, 0.2) is 66.0 Å². The lowest BCUT2D eigenvalue weighted by Gasteiger charge is -2.16. The predicted molar refractivity (Wildman–Crippen MR) is 103 cm³/mol. The van der Waals surface area contributed by atoms with Crippen LogP contribution in [0, 0.1) is 0 Å². The standard InChI is InChI=1S/C20H21N3OS/c1-14(24)17-13-21-20(25-2)23-19(17)22-18-11-7-6-10-16(18)12-15-8-4-3-5-9-15/h3-11,13-14,24H,12H2,1-2H3,(H,21,22,23). The van der Waals surface area contributed by atoms with Crippen LogP contribution >= 0.6 is 11.8 Å². The van der Waals surface area contributed by atoms with Crippen LogP contribution in [-0.4, -0.2) is 21.3 Å². The van der Waals surface area contributed by atoms with E-state index in [0.29, 0.717) is 16.5 Å². The van der Waals surface area contributed by atoms with Gasteiger partial charge in [-0.05, 0) is 36.8 Å². The van der Waals surface area contributed by atoms with Crippen molar-refractivity contribution < 1.29 is 5.11 Å². The molecule has 128 valence electrons. The second-order valence-corrected chi connectivity index (χ2v) is 6.55. The molecule has 0 spiro atoms. The third-order valence-corrected chi connectivity index (χ3v) is 4.50. The molecule has 2 aromatic carbocycles. The van der Waals surface area contributed by atoms with Crippen molar-refractivity contribution in [3.63, 3.8) is 0 Å². The predicted octanol–water partition coefficient (Wildman–Crippen LogP) is 4.59. The van der Waals surface area contributed by atoms with E-state index >= 15 is 0 Å². The van der Waals surface area contributed by atoms with E-state index in [1.54, 1.807) is 13.1 Å². The molecule has 0 aliphatic carbocycles. The first-order valence-electron chi connectivity index (χ1n) is 8.15. The van der Waals surface area contributed by atoms with Crippen molar-refractivity contribution in [1.29, 1.82) is 0 Å². The number of aliphatic hydroxyl groups is 1. The van der Waals surface area contributed by atoms with Gasteiger partial charge >= 0.3 is 0 Å². The fourth-order valence-electron chi connectivity index (χ4n) is 2.62. The Hall–Kier alpha value is -2.37. The van der Waals surface area contributed by atoms with Crippen molar-refractivity contribution in [3.05, 3.63) is 77.5 Å². The van der Waals surface area contributed by atoms with E-state index in [1.807, 2.05) is 42.7 Å². The Morgan fingerprint density at radius 3 is 2.52 bits per heavy atom. The Kier molecular flexibility index (Phi) is 5.68. The minimum absolute atomic E-state index is 0.639. The SMILES string of the molecule is CSc1ncc(C(C)O)c(Nc2ccccc2Cc2ccccc2)n1. The number of hydrogen-bond donors (Lipinski definition) is 2. The van der Waals surface area contributed by atoms with Crippen LogP contribution in [0.2, 0.25) is 0 Å². The summed E-state index contributed by atoms with van der Waals surface area (Å²) in [5, 5.41) is 14.1. The molecule has 0 aliphatic rings. The Morgan fingerprint density at radius 2 is 1.80 bits per heavy atom. The number of anilines is 2. The minimum atomic E-state index is -0.639. The first-order valence-corrected chi connectivity index (χ1v) is 9.37. The lowest BCUT2D eigenvalue weighted by Crippen LogP contribution is -2.06. The molecule has 0 aliphatic heterocycles. The van der Waals surface area contributed by atoms with Crippen molar-refractivity contribution in [2.45, 2.75) is 24.6 Å². The normalized spacial score (nSPS) is 12.0. The quantitative estimate of drug-likeness (QED) is 0.503. The molecular weight excluding hydrogens is 330 g/mol. The molecule has 2 N–H and O–H groups in total. The molecule has 0 radical (unpaired) electrons. The molecule has 0 saturated carbocycles. The summed E-state index contributed by atoms with van der Waals surface area (Å²) in [5.74, 6) is 0.648. The van der Waals surface area contributed by atoms with Crippen LogP contribution in [0.3, 0.4) is 0 Å². The first-order chi connectivity index (χ1) is 12.2. The number of nitrogens with zero attached hydrogens (tertiary/aromatic N) is 2. The highest BCUT2D eigenvalue weighted by Gasteiger charge is 2.13. The molecule has 0 fully saturated rings. The minimum Gasteiger partial charge on any atom is -0.389 e. The number of aliphatic hydroxyl groups excluding tert-OH is 1. The van der Waals surface area contributed by atoms with Crippen molar-refractivity contribution in [1.82, 2.24) is 9.97 Å². The summed E-state index contributed by atoms with van der Waals surface area (Å²) in [6, 6.07) is 18.5. The van der Waals surface area contributed by atoms with E-state index in [0.717, 1.165) is 12.1 Å². The van der Waals surface area contributed by atoms with Crippen LogP contribution in [0.4, 0.5) is 11.5 Å². The number of hydrogen-bond acceptors (Lipinski definition) is 5. The highest BCUT2D eigenvalue weighted by molar-refractivity contribution is 7.98. The van der Waals surface area contributed by atoms with Gasteiger partial charge in [0.25, 0.3) is 0 Å². The summed E-state index contributed by atoms with van der Waals surface area (Å²) in [4.78, 5) is 8.80. The van der Waals surface area contributed by atoms with Gasteiger partial charge < -0.3 is 10.4 Å². The van der Waals surface area contributed by atoms with E-state index in [1.165, 1.54) is 22.9 Å². The van der Waals surface area contributed by atoms with E-state index in [9.17, 15) is 5.11 Å². The highest BCUT2D eigenvalue weighted by Crippen LogP contribution is 2.28. The molecule has 0 bridgehead atoms. The summed E-state index contributed by atoms with van der Waals surface area (Å²) >= 11 is 1.48. The van der Waals surface area contributed by atoms with Gasteiger partial charge in [-0.25, -0.2) is 9.97 Å². The topological polar surface area (TPSA) is 58.0 Å². The monoisotopic (exact) mass is 351 g/mol. The van der Waals surface area contributed by atoms with Crippen molar-refractivity contribution in [2.24, 2.45) is 0 Å². The molecule has 0 amide bonds. The van der Waals surface area contributed by atoms with Crippen LogP contribution < -0.4 is 5.32 Å². The van der Waals surface area contributed by atoms with Gasteiger partial charge in [-0.2, -0.15) is 0 Å². The van der Waals surface area contributed by atoms with Crippen molar-refractivity contribution in [2.75, 3.05) is 11.6 Å². The van der Waals surface area contributed by atoms with Gasteiger partial charge in [0.05, 0.1) is 6.10 Å². The maximum absolute atomic E-state index is 10.0. The summed E-state index contributed by atoms with van der Waals surface area (Å²) in [6.45, 7) is 1.72. The zero-order valence-electron chi connectivity index (χ0n) is 14.3. The lowest BCUT2D eigenvalue weighted by molar-refractivity contribution is 0.199. The second-order valence-electron chi connectivity index (χ2n) is 5.78. The van der Waals surface area contributed by atoms with Crippen molar-refractivity contribution in [3.8, 4) is 0 Å². The van der Waals surface area contributed by atoms with Gasteiger partial charge in [0.2, 0.25) is 0 Å². The molecule has 0 saturated heterocycles. The molecule has 3 rings (SSSR count). The molecule has 1 aromatic heterocycles. The fraction of sp³-hybridized carbons (Fsp3) is 0.200. The third kappa shape index (κ3) is 4.38. The summed E-state index contributed by atoms with van der Waals surface area (Å²) in [6.07, 6.45) is 3.81. The molecule has 1 heterocycles. The van der Waals surface area contributed by atoms with Crippen molar-refractivity contribution >= 4 is 23.3 Å². The van der Waals surface area contributed by atoms with E-state index in [2.05, 4.69) is 33.5 Å². The van der Waals surface area contributed by atoms with Gasteiger partial charge in [0, 0.05) is 17.4 Å². The highest BCUT2D eigenvalue weighted by atomic mass is 32.2. The Morgan fingerprint density at radius 1 is 1.08 bits per heavy atom. The van der Waals surface area contributed by atoms with E-state index < -0.39 is 6.10 Å². The molecule has 25 heavy (non-hydrogen) atoms. The van der Waals surface area contributed by atoms with Gasteiger partial charge in [-0.1, -0.05) is 60.3 Å². The second kappa shape index (κ2) is 8.14. The van der Waals surface area contributed by atoms with Crippen LogP contribution in [0.25, 0.3) is 0 Å². The molecule has 1 unspecified atom stereocenters. The molecule has 5 heteroatoms. The van der Waals surface area contributed by atoms with Gasteiger partial charge in [-0.15, -0.1) is 0 Å². The van der Waals surface area contributed by atoms with Gasteiger partial charge in [0.15, 0.2) is 5.16 Å². The van der Waals surface area contributed by atoms with Crippen LogP contribution in [0.1, 0.15) is 29.7 Å². The molecule has 1 atom stereocenters. The Bertz CT molecular complexity index is 837. The zero-order chi connectivity index (χ0) is 17.6. The number of nitrogens with one attached hydrogen (secondary N) is 1. The maximum Gasteiger partial charge on any atom is 0.189 e. The zero-order valence-corrected chi connectivity index (χ0v) is 15.1. The summed E-state index contributed by atoms with van der Waals surface area (Å²) in [5.41, 5.74) is 4.10. The number of thioether (sulfide) groups is 1. The number of aromatic nitrogens is 2. The lowest BCUT2D eigenvalue weighted by atomic mass is 10.0. The summed E-state index contributed by atoms with van der Waals surface area (Å²) in [7, 11) is 0. The Labute approximate surface area is 152 Å². The Balaban J connectivity index is 1.93. The average Bonchev–Trinajstić information content (AvgIpc) is 2.64. The van der Waals surface area contributed by atoms with Crippen LogP contribution in [-0.2, 0) is 6.42 Å². The summed E-state index contributed by atoms with van der Waals surface area (Å²) < 4.78 is 0. The van der Waals surface area contributed by atoms with Gasteiger partial charge in [-0.3, -0.25) is 0 Å². The first kappa shape index (κ1) is 17.5. The van der Waals surface area contributed by atoms with E-state index in [4.69, 9.17) is 0 Å². The smallest absolute Gasteiger partial charge is 0.189 e. The van der Waals surface area contributed by atoms with Crippen LogP contribution in [0.5, 0.6) is 0 Å². The maximum atomic E-state index is 10.0. The van der Waals surface area contributed by atoms with Gasteiger partial charge in [0.1, 0.15) is 5.82 Å². The number of para-hydroxylation sites is 1. The fourth-order valence-corrected chi connectivity index (χ4v) is 2.96. The largest absolute Gasteiger partial charge is 0.389 e. The number of rotatable bonds is 6. The third-order valence-electron chi connectivity index (χ3n) is 3.94. The molecule has 3 aromatic rings. The molecule has 4 nitrogen and oxygen atoms in total. The number of benzene rings is 2. The average molecular weight is 351 g/mol. The van der Waals surface area contributed by atoms with E-state index in [-0.39, 0.29) is 0 Å².